The molecule has 1 fully saturated rings. The van der Waals surface area contributed by atoms with Gasteiger partial charge in [0, 0.05) is 36.1 Å². The highest BCUT2D eigenvalue weighted by Gasteiger charge is 2.39. The van der Waals surface area contributed by atoms with Crippen LogP contribution in [0.25, 0.3) is 0 Å². The van der Waals surface area contributed by atoms with Gasteiger partial charge in [0.05, 0.1) is 12.8 Å². The lowest BCUT2D eigenvalue weighted by Crippen LogP contribution is -2.45. The monoisotopic (exact) mass is 336 g/mol. The van der Waals surface area contributed by atoms with Crippen LogP contribution in [0, 0.1) is 0 Å². The summed E-state index contributed by atoms with van der Waals surface area (Å²) in [5.41, 5.74) is 0. The normalized spacial score (nSPS) is 14.8. The summed E-state index contributed by atoms with van der Waals surface area (Å²) in [6.45, 7) is 8.07. The number of carbonyl (C=O) groups excluding carboxylic acids is 2. The van der Waals surface area contributed by atoms with E-state index in [1.54, 1.807) is 0 Å². The van der Waals surface area contributed by atoms with Crippen LogP contribution in [0.1, 0.15) is 40.0 Å². The van der Waals surface area contributed by atoms with Crippen LogP contribution in [0.5, 0.6) is 0 Å². The third kappa shape index (κ3) is 9.15. The Bertz CT molecular complexity index is 280. The fourth-order valence-electron chi connectivity index (χ4n) is 1.83. The molecule has 1 aliphatic heterocycles. The van der Waals surface area contributed by atoms with Gasteiger partial charge < -0.3 is 18.0 Å². The predicted octanol–water partition coefficient (Wildman–Crippen LogP) is 1.06. The largest absolute Gasteiger partial charge is 0.500 e. The molecule has 0 aliphatic carbocycles. The molecule has 21 heavy (non-hydrogen) atoms. The van der Waals surface area contributed by atoms with Gasteiger partial charge >= 0.3 is 20.7 Å². The van der Waals surface area contributed by atoms with Crippen LogP contribution >= 0.6 is 0 Å². The molecule has 0 aromatic heterocycles. The van der Waals surface area contributed by atoms with E-state index in [4.69, 9.17) is 13.3 Å². The highest BCUT2D eigenvalue weighted by atomic mass is 28.4. The molecule has 0 saturated carbocycles. The Kier molecular flexibility index (Phi) is 11.7. The van der Waals surface area contributed by atoms with E-state index in [9.17, 15) is 9.59 Å². The fourth-order valence-corrected chi connectivity index (χ4v) is 5.68. The summed E-state index contributed by atoms with van der Waals surface area (Å²) in [4.78, 5) is 20.0. The van der Waals surface area contributed by atoms with Gasteiger partial charge in [-0.1, -0.05) is 12.5 Å². The summed E-state index contributed by atoms with van der Waals surface area (Å²) >= 11 is 0. The Hall–Kier alpha value is -0.546. The van der Waals surface area contributed by atoms with Gasteiger partial charge in [0.25, 0.3) is 0 Å². The number of hydrogen-bond donors (Lipinski definition) is 0. The number of hydrogen-bond acceptors (Lipinski definition) is 6. The standard InChI is InChI=1S/C9H24O3Si2.C4H4O3/c1-4-10-14(11-5-2,12-6-3)9-7-8-13;5-3-1-2-4(6)7-3/h4-9H2,1-3,13H3;1-2H2. The van der Waals surface area contributed by atoms with Crippen molar-refractivity contribution in [1.82, 2.24) is 0 Å². The maximum atomic E-state index is 10.0. The molecular weight excluding hydrogens is 308 g/mol. The van der Waals surface area contributed by atoms with Crippen LogP contribution < -0.4 is 0 Å². The van der Waals surface area contributed by atoms with Crippen LogP contribution in [-0.2, 0) is 27.6 Å². The van der Waals surface area contributed by atoms with Crippen LogP contribution in [0.2, 0.25) is 12.1 Å². The van der Waals surface area contributed by atoms with Crippen molar-refractivity contribution in [2.24, 2.45) is 0 Å². The predicted molar refractivity (Wildman–Crippen MR) is 85.1 cm³/mol. The van der Waals surface area contributed by atoms with Gasteiger partial charge in [-0.25, -0.2) is 0 Å². The molecule has 0 radical (unpaired) electrons. The second-order valence-corrected chi connectivity index (χ2v) is 8.16. The summed E-state index contributed by atoms with van der Waals surface area (Å²) in [6.07, 6.45) is 1.70. The quantitative estimate of drug-likeness (QED) is 0.356. The van der Waals surface area contributed by atoms with Crippen LogP contribution in [0.3, 0.4) is 0 Å². The van der Waals surface area contributed by atoms with E-state index in [1.807, 2.05) is 20.8 Å². The van der Waals surface area contributed by atoms with Gasteiger partial charge in [-0.3, -0.25) is 9.59 Å². The maximum Gasteiger partial charge on any atom is 0.500 e. The van der Waals surface area contributed by atoms with E-state index in [-0.39, 0.29) is 12.8 Å². The maximum absolute atomic E-state index is 10.0. The van der Waals surface area contributed by atoms with Crippen LogP contribution in [0.15, 0.2) is 0 Å². The average molecular weight is 337 g/mol. The summed E-state index contributed by atoms with van der Waals surface area (Å²) < 4.78 is 21.3. The molecule has 0 spiro atoms. The van der Waals surface area contributed by atoms with Crippen molar-refractivity contribution >= 4 is 31.0 Å². The molecule has 6 nitrogen and oxygen atoms in total. The molecule has 1 heterocycles. The van der Waals surface area contributed by atoms with E-state index in [2.05, 4.69) is 4.74 Å². The van der Waals surface area contributed by atoms with Gasteiger partial charge in [0.1, 0.15) is 0 Å². The minimum atomic E-state index is -2.29. The van der Waals surface area contributed by atoms with Crippen molar-refractivity contribution in [3.05, 3.63) is 0 Å². The molecule has 0 aromatic rings. The van der Waals surface area contributed by atoms with Crippen molar-refractivity contribution in [1.29, 1.82) is 0 Å². The Balaban J connectivity index is 0.000000471. The van der Waals surface area contributed by atoms with Gasteiger partial charge in [-0.15, -0.1) is 0 Å². The van der Waals surface area contributed by atoms with Gasteiger partial charge in [0.2, 0.25) is 0 Å². The second kappa shape index (κ2) is 12.0. The van der Waals surface area contributed by atoms with Crippen molar-refractivity contribution in [2.45, 2.75) is 52.1 Å². The minimum absolute atomic E-state index is 0.263. The Morgan fingerprint density at radius 3 is 1.67 bits per heavy atom. The molecule has 0 N–H and O–H groups in total. The minimum Gasteiger partial charge on any atom is -0.393 e. The lowest BCUT2D eigenvalue weighted by atomic mass is 10.4. The van der Waals surface area contributed by atoms with E-state index in [1.165, 1.54) is 22.7 Å². The molecule has 0 aromatic carbocycles. The third-order valence-electron chi connectivity index (χ3n) is 2.69. The van der Waals surface area contributed by atoms with E-state index < -0.39 is 20.7 Å². The molecule has 0 atom stereocenters. The van der Waals surface area contributed by atoms with Crippen LogP contribution in [-0.4, -0.2) is 50.8 Å². The first kappa shape index (κ1) is 20.5. The van der Waals surface area contributed by atoms with E-state index in [0.29, 0.717) is 19.8 Å². The van der Waals surface area contributed by atoms with Gasteiger partial charge in [-0.05, 0) is 20.8 Å². The molecule has 0 unspecified atom stereocenters. The number of carbonyl (C=O) groups is 2. The lowest BCUT2D eigenvalue weighted by Gasteiger charge is -2.28. The van der Waals surface area contributed by atoms with Gasteiger partial charge in [0.15, 0.2) is 0 Å². The third-order valence-corrected chi connectivity index (χ3v) is 6.55. The molecule has 8 heteroatoms. The van der Waals surface area contributed by atoms with Crippen molar-refractivity contribution in [2.75, 3.05) is 19.8 Å². The number of esters is 2. The van der Waals surface area contributed by atoms with Gasteiger partial charge in [-0.2, -0.15) is 0 Å². The molecule has 124 valence electrons. The summed E-state index contributed by atoms with van der Waals surface area (Å²) in [6, 6.07) is 2.27. The summed E-state index contributed by atoms with van der Waals surface area (Å²) in [7, 11) is -1.04. The summed E-state index contributed by atoms with van der Waals surface area (Å²) in [5.74, 6) is -0.796. The SMILES string of the molecule is CCO[Si](CCC[SiH3])(OCC)OCC.O=C1CCC(=O)O1. The highest BCUT2D eigenvalue weighted by Crippen LogP contribution is 2.18. The zero-order chi connectivity index (χ0) is 16.1. The first-order chi connectivity index (χ1) is 10.0. The first-order valence-corrected chi connectivity index (χ1v) is 11.0. The number of cyclic esters (lactones) is 2. The Labute approximate surface area is 131 Å². The van der Waals surface area contributed by atoms with Crippen molar-refractivity contribution in [3.63, 3.8) is 0 Å². The molecule has 0 bridgehead atoms. The molecule has 1 saturated heterocycles. The first-order valence-electron chi connectivity index (χ1n) is 7.68. The molecule has 0 amide bonds. The average Bonchev–Trinajstić information content (AvgIpc) is 2.82. The molecule has 1 aliphatic rings. The topological polar surface area (TPSA) is 71.1 Å². The molecule has 1 rings (SSSR count). The van der Waals surface area contributed by atoms with Crippen LogP contribution in [0.4, 0.5) is 0 Å². The zero-order valence-electron chi connectivity index (χ0n) is 13.6. The molecular formula is C13H28O6Si2. The number of rotatable bonds is 9. The zero-order valence-corrected chi connectivity index (χ0v) is 16.6. The fraction of sp³-hybridized carbons (Fsp3) is 0.846. The Morgan fingerprint density at radius 1 is 1.00 bits per heavy atom. The van der Waals surface area contributed by atoms with Crippen molar-refractivity contribution in [3.8, 4) is 0 Å². The second-order valence-electron chi connectivity index (χ2n) is 4.43. The smallest absolute Gasteiger partial charge is 0.393 e. The van der Waals surface area contributed by atoms with E-state index >= 15 is 0 Å². The van der Waals surface area contributed by atoms with Crippen molar-refractivity contribution < 1.29 is 27.6 Å². The highest BCUT2D eigenvalue weighted by molar-refractivity contribution is 6.60. The number of ether oxygens (including phenoxy) is 1. The summed E-state index contributed by atoms with van der Waals surface area (Å²) in [5, 5.41) is 0. The Morgan fingerprint density at radius 2 is 1.43 bits per heavy atom. The van der Waals surface area contributed by atoms with E-state index in [0.717, 1.165) is 6.04 Å². The lowest BCUT2D eigenvalue weighted by molar-refractivity contribution is -0.151.